The van der Waals surface area contributed by atoms with Crippen molar-refractivity contribution in [2.24, 2.45) is 10.9 Å². The number of nitrogens with two attached hydrogens (primary N) is 1. The minimum atomic E-state index is -0.0174. The van der Waals surface area contributed by atoms with Crippen LogP contribution in [0.15, 0.2) is 17.5 Å². The van der Waals surface area contributed by atoms with Gasteiger partial charge < -0.3 is 15.8 Å². The van der Waals surface area contributed by atoms with Gasteiger partial charge in [0, 0.05) is 13.1 Å². The van der Waals surface area contributed by atoms with Crippen molar-refractivity contribution in [2.75, 3.05) is 11.9 Å². The van der Waals surface area contributed by atoms with Gasteiger partial charge in [-0.3, -0.25) is 0 Å². The van der Waals surface area contributed by atoms with E-state index >= 15 is 0 Å². The summed E-state index contributed by atoms with van der Waals surface area (Å²) < 4.78 is 0. The van der Waals surface area contributed by atoms with E-state index in [1.54, 1.807) is 6.20 Å². The highest BCUT2D eigenvalue weighted by molar-refractivity contribution is 5.94. The fourth-order valence-electron chi connectivity index (χ4n) is 2.52. The van der Waals surface area contributed by atoms with Crippen molar-refractivity contribution in [1.29, 1.82) is 0 Å². The molecule has 0 aromatic carbocycles. The van der Waals surface area contributed by atoms with E-state index in [0.29, 0.717) is 11.7 Å². The predicted molar refractivity (Wildman–Crippen MR) is 74.4 cm³/mol. The van der Waals surface area contributed by atoms with Crippen LogP contribution in [0.5, 0.6) is 0 Å². The van der Waals surface area contributed by atoms with E-state index in [1.807, 2.05) is 0 Å². The summed E-state index contributed by atoms with van der Waals surface area (Å²) in [6, 6.07) is 0.534. The molecular weight excluding hydrogens is 242 g/mol. The first-order valence-electron chi connectivity index (χ1n) is 6.75. The minimum absolute atomic E-state index is 0.0174. The lowest BCUT2D eigenvalue weighted by Crippen LogP contribution is -2.32. The van der Waals surface area contributed by atoms with E-state index in [-0.39, 0.29) is 5.84 Å². The molecule has 0 radical (unpaired) electrons. The van der Waals surface area contributed by atoms with Crippen LogP contribution in [-0.4, -0.2) is 34.1 Å². The Kier molecular flexibility index (Phi) is 4.54. The molecule has 1 heterocycles. The number of anilines is 1. The number of hydrogen-bond acceptors (Lipinski definition) is 5. The molecule has 6 nitrogen and oxygen atoms in total. The molecule has 1 aromatic rings. The van der Waals surface area contributed by atoms with E-state index < -0.39 is 0 Å². The Bertz CT molecular complexity index is 423. The molecule has 0 saturated heterocycles. The zero-order chi connectivity index (χ0) is 13.7. The Balaban J connectivity index is 2.08. The molecule has 1 aliphatic carbocycles. The van der Waals surface area contributed by atoms with Gasteiger partial charge in [0.25, 0.3) is 0 Å². The molecule has 104 valence electrons. The lowest BCUT2D eigenvalue weighted by atomic mass is 10.1. The van der Waals surface area contributed by atoms with Crippen molar-refractivity contribution < 1.29 is 5.21 Å². The summed E-state index contributed by atoms with van der Waals surface area (Å²) in [6.07, 6.45) is 10.9. The summed E-state index contributed by atoms with van der Waals surface area (Å²) in [5.41, 5.74) is 5.86. The van der Waals surface area contributed by atoms with Crippen molar-refractivity contribution in [3.8, 4) is 0 Å². The second kappa shape index (κ2) is 6.36. The molecule has 1 saturated carbocycles. The van der Waals surface area contributed by atoms with Crippen LogP contribution in [0.1, 0.15) is 44.2 Å². The number of aromatic nitrogens is 2. The maximum absolute atomic E-state index is 8.59. The quantitative estimate of drug-likeness (QED) is 0.285. The Morgan fingerprint density at radius 1 is 1.26 bits per heavy atom. The number of amidine groups is 1. The molecule has 0 bridgehead atoms. The Labute approximate surface area is 113 Å². The Hall–Kier alpha value is -1.85. The largest absolute Gasteiger partial charge is 0.409 e. The zero-order valence-electron chi connectivity index (χ0n) is 11.3. The van der Waals surface area contributed by atoms with Gasteiger partial charge in [-0.05, 0) is 12.8 Å². The third kappa shape index (κ3) is 3.33. The van der Waals surface area contributed by atoms with Gasteiger partial charge in [-0.2, -0.15) is 0 Å². The molecular formula is C13H21N5O. The van der Waals surface area contributed by atoms with E-state index in [2.05, 4.69) is 27.1 Å². The number of nitrogens with zero attached hydrogens (tertiary/aromatic N) is 4. The number of rotatable bonds is 3. The van der Waals surface area contributed by atoms with Gasteiger partial charge in [0.2, 0.25) is 0 Å². The van der Waals surface area contributed by atoms with Crippen molar-refractivity contribution in [1.82, 2.24) is 9.97 Å². The van der Waals surface area contributed by atoms with E-state index in [9.17, 15) is 0 Å². The van der Waals surface area contributed by atoms with Gasteiger partial charge in [-0.1, -0.05) is 30.8 Å². The lowest BCUT2D eigenvalue weighted by Gasteiger charge is -2.27. The van der Waals surface area contributed by atoms with E-state index in [1.165, 1.54) is 44.7 Å². The van der Waals surface area contributed by atoms with Gasteiger partial charge in [-0.15, -0.1) is 0 Å². The summed E-state index contributed by atoms with van der Waals surface area (Å²) in [5, 5.41) is 11.5. The third-order valence-corrected chi connectivity index (χ3v) is 3.74. The smallest absolute Gasteiger partial charge is 0.190 e. The summed E-state index contributed by atoms with van der Waals surface area (Å²) in [4.78, 5) is 10.7. The highest BCUT2D eigenvalue weighted by Crippen LogP contribution is 2.23. The molecule has 0 amide bonds. The van der Waals surface area contributed by atoms with Crippen LogP contribution in [0.25, 0.3) is 0 Å². The molecule has 19 heavy (non-hydrogen) atoms. The summed E-state index contributed by atoms with van der Waals surface area (Å²) in [6.45, 7) is 0. The molecule has 0 unspecified atom stereocenters. The first-order chi connectivity index (χ1) is 9.22. The van der Waals surface area contributed by atoms with E-state index in [4.69, 9.17) is 10.9 Å². The maximum Gasteiger partial charge on any atom is 0.190 e. The van der Waals surface area contributed by atoms with Crippen molar-refractivity contribution in [2.45, 2.75) is 44.6 Å². The molecule has 1 fully saturated rings. The average Bonchev–Trinajstić information content (AvgIpc) is 2.75. The summed E-state index contributed by atoms with van der Waals surface area (Å²) in [5.74, 6) is 0.817. The van der Waals surface area contributed by atoms with Crippen LogP contribution >= 0.6 is 0 Å². The fraction of sp³-hybridized carbons (Fsp3) is 0.615. The highest BCUT2D eigenvalue weighted by atomic mass is 16.4. The van der Waals surface area contributed by atoms with Crippen LogP contribution in [0, 0.1) is 0 Å². The molecule has 1 aromatic heterocycles. The monoisotopic (exact) mass is 263 g/mol. The number of hydrogen-bond donors (Lipinski definition) is 2. The second-order valence-electron chi connectivity index (χ2n) is 5.00. The van der Waals surface area contributed by atoms with Crippen molar-refractivity contribution in [3.63, 3.8) is 0 Å². The molecule has 0 spiro atoms. The van der Waals surface area contributed by atoms with Gasteiger partial charge in [-0.25, -0.2) is 9.97 Å². The summed E-state index contributed by atoms with van der Waals surface area (Å²) >= 11 is 0. The summed E-state index contributed by atoms with van der Waals surface area (Å²) in [7, 11) is 2.06. The van der Waals surface area contributed by atoms with Gasteiger partial charge in [0.05, 0.1) is 12.4 Å². The van der Waals surface area contributed by atoms with Gasteiger partial charge >= 0.3 is 0 Å². The first kappa shape index (κ1) is 13.6. The normalized spacial score (nSPS) is 18.1. The Morgan fingerprint density at radius 3 is 2.47 bits per heavy atom. The lowest BCUT2D eigenvalue weighted by molar-refractivity contribution is 0.318. The van der Waals surface area contributed by atoms with E-state index in [0.717, 1.165) is 5.82 Å². The van der Waals surface area contributed by atoms with Crippen LogP contribution < -0.4 is 10.6 Å². The van der Waals surface area contributed by atoms with Crippen molar-refractivity contribution in [3.05, 3.63) is 18.1 Å². The first-order valence-corrected chi connectivity index (χ1v) is 6.75. The molecule has 0 aliphatic heterocycles. The third-order valence-electron chi connectivity index (χ3n) is 3.74. The highest BCUT2D eigenvalue weighted by Gasteiger charge is 2.18. The van der Waals surface area contributed by atoms with Crippen LogP contribution in [0.4, 0.5) is 5.82 Å². The standard InChI is InChI=1S/C13H21N5O/c1-18(10-6-4-2-3-5-7-10)12-9-15-11(8-16-12)13(14)17-19/h8-10,19H,2-7H2,1H3,(H2,14,17). The SMILES string of the molecule is CN(c1cnc(C(N)=NO)cn1)C1CCCCCC1. The molecule has 3 N–H and O–H groups in total. The molecule has 6 heteroatoms. The average molecular weight is 263 g/mol. The number of oxime groups is 1. The van der Waals surface area contributed by atoms with Gasteiger partial charge in [0.1, 0.15) is 11.5 Å². The van der Waals surface area contributed by atoms with Crippen LogP contribution in [0.3, 0.4) is 0 Å². The van der Waals surface area contributed by atoms with Crippen LogP contribution in [-0.2, 0) is 0 Å². The van der Waals surface area contributed by atoms with Crippen LogP contribution in [0.2, 0.25) is 0 Å². The topological polar surface area (TPSA) is 87.6 Å². The predicted octanol–water partition coefficient (Wildman–Crippen LogP) is 1.73. The Morgan fingerprint density at radius 2 is 1.95 bits per heavy atom. The minimum Gasteiger partial charge on any atom is -0.409 e. The maximum atomic E-state index is 8.59. The van der Waals surface area contributed by atoms with Crippen molar-refractivity contribution >= 4 is 11.7 Å². The second-order valence-corrected chi connectivity index (χ2v) is 5.00. The molecule has 1 aliphatic rings. The zero-order valence-corrected chi connectivity index (χ0v) is 11.3. The fourth-order valence-corrected chi connectivity index (χ4v) is 2.52. The van der Waals surface area contributed by atoms with Gasteiger partial charge in [0.15, 0.2) is 5.84 Å². The molecule has 0 atom stereocenters. The molecule has 2 rings (SSSR count).